The predicted octanol–water partition coefficient (Wildman–Crippen LogP) is 2.49. The van der Waals surface area contributed by atoms with Gasteiger partial charge in [-0.2, -0.15) is 8.78 Å². The summed E-state index contributed by atoms with van der Waals surface area (Å²) in [5.74, 6) is 2.54. The van der Waals surface area contributed by atoms with Gasteiger partial charge in [0.05, 0.1) is 5.56 Å². The number of hydrogen-bond acceptors (Lipinski definition) is 2. The Kier molecular flexibility index (Phi) is 4.26. The van der Waals surface area contributed by atoms with Crippen LogP contribution in [0.5, 0.6) is 5.75 Å². The molecule has 84 valence electrons. The first-order chi connectivity index (χ1) is 7.49. The molecule has 16 heavy (non-hydrogen) atoms. The van der Waals surface area contributed by atoms with E-state index < -0.39 is 12.6 Å². The molecule has 0 saturated heterocycles. The van der Waals surface area contributed by atoms with Crippen molar-refractivity contribution in [3.63, 3.8) is 0 Å². The molecule has 0 aliphatic rings. The number of benzene rings is 1. The maximum Gasteiger partial charge on any atom is 0.387 e. The number of rotatable bonds is 2. The zero-order chi connectivity index (χ0) is 12.1. The van der Waals surface area contributed by atoms with Crippen LogP contribution in [0.4, 0.5) is 8.78 Å². The Morgan fingerprint density at radius 1 is 1.50 bits per heavy atom. The van der Waals surface area contributed by atoms with Gasteiger partial charge in [-0.05, 0) is 18.2 Å². The number of carboxylic acid groups (broad SMARTS) is 1. The van der Waals surface area contributed by atoms with Gasteiger partial charge in [-0.3, -0.25) is 0 Å². The van der Waals surface area contributed by atoms with Crippen LogP contribution in [0.15, 0.2) is 22.7 Å². The van der Waals surface area contributed by atoms with Crippen LogP contribution in [0.25, 0.3) is 0 Å². The third kappa shape index (κ3) is 3.87. The lowest BCUT2D eigenvalue weighted by atomic mass is 10.2. The van der Waals surface area contributed by atoms with Crippen molar-refractivity contribution >= 4 is 21.9 Å². The maximum absolute atomic E-state index is 12.0. The van der Waals surface area contributed by atoms with Crippen molar-refractivity contribution in [1.29, 1.82) is 0 Å². The molecule has 1 rings (SSSR count). The number of aliphatic carboxylic acids is 1. The number of carbonyl (C=O) groups is 1. The Morgan fingerprint density at radius 3 is 2.75 bits per heavy atom. The summed E-state index contributed by atoms with van der Waals surface area (Å²) in [4.78, 5) is 10.2. The minimum absolute atomic E-state index is 0.0806. The highest BCUT2D eigenvalue weighted by atomic mass is 79.9. The summed E-state index contributed by atoms with van der Waals surface area (Å²) in [6, 6.07) is 4.17. The topological polar surface area (TPSA) is 46.5 Å². The third-order valence-corrected chi connectivity index (χ3v) is 1.96. The molecule has 1 aromatic rings. The molecule has 0 radical (unpaired) electrons. The molecule has 3 nitrogen and oxygen atoms in total. The van der Waals surface area contributed by atoms with Crippen molar-refractivity contribution in [3.8, 4) is 17.6 Å². The van der Waals surface area contributed by atoms with E-state index in [0.29, 0.717) is 4.47 Å². The van der Waals surface area contributed by atoms with Crippen LogP contribution in [-0.4, -0.2) is 17.7 Å². The summed E-state index contributed by atoms with van der Waals surface area (Å²) in [6.45, 7) is -2.98. The van der Waals surface area contributed by atoms with E-state index >= 15 is 0 Å². The van der Waals surface area contributed by atoms with Gasteiger partial charge in [-0.1, -0.05) is 21.9 Å². The first-order valence-corrected chi connectivity index (χ1v) is 4.77. The second-order valence-electron chi connectivity index (χ2n) is 2.57. The van der Waals surface area contributed by atoms with Crippen LogP contribution in [-0.2, 0) is 4.79 Å². The molecular weight excluding hydrogens is 286 g/mol. The molecule has 1 aromatic carbocycles. The van der Waals surface area contributed by atoms with Crippen molar-refractivity contribution in [2.75, 3.05) is 0 Å². The fraction of sp³-hybridized carbons (Fsp3) is 0.100. The Labute approximate surface area is 98.2 Å². The summed E-state index contributed by atoms with van der Waals surface area (Å²) >= 11 is 3.11. The molecule has 0 aliphatic heterocycles. The molecule has 1 N–H and O–H groups in total. The average molecular weight is 291 g/mol. The second kappa shape index (κ2) is 5.47. The summed E-state index contributed by atoms with van der Waals surface area (Å²) in [6.07, 6.45) is 0. The molecule has 6 heteroatoms. The van der Waals surface area contributed by atoms with E-state index in [9.17, 15) is 13.6 Å². The van der Waals surface area contributed by atoms with Gasteiger partial charge in [0.15, 0.2) is 0 Å². The smallest absolute Gasteiger partial charge is 0.387 e. The van der Waals surface area contributed by atoms with Gasteiger partial charge in [-0.15, -0.1) is 0 Å². The molecule has 0 heterocycles. The summed E-state index contributed by atoms with van der Waals surface area (Å²) in [7, 11) is 0. The molecule has 0 unspecified atom stereocenters. The largest absolute Gasteiger partial charge is 0.472 e. The van der Waals surface area contributed by atoms with E-state index in [2.05, 4.69) is 26.6 Å². The van der Waals surface area contributed by atoms with Crippen molar-refractivity contribution in [2.24, 2.45) is 0 Å². The normalized spacial score (nSPS) is 9.50. The number of hydrogen-bond donors (Lipinski definition) is 1. The molecule has 0 bridgehead atoms. The van der Waals surface area contributed by atoms with E-state index in [0.717, 1.165) is 0 Å². The maximum atomic E-state index is 12.0. The molecule has 0 atom stereocenters. The molecule has 0 saturated carbocycles. The van der Waals surface area contributed by atoms with E-state index in [1.54, 1.807) is 0 Å². The minimum atomic E-state index is -2.98. The molecule has 0 aliphatic carbocycles. The zero-order valence-corrected chi connectivity index (χ0v) is 9.29. The number of ether oxygens (including phenoxy) is 1. The van der Waals surface area contributed by atoms with Crippen LogP contribution >= 0.6 is 15.9 Å². The zero-order valence-electron chi connectivity index (χ0n) is 7.71. The Balaban J connectivity index is 3.09. The van der Waals surface area contributed by atoms with Crippen molar-refractivity contribution < 1.29 is 23.4 Å². The highest BCUT2D eigenvalue weighted by Gasteiger charge is 2.08. The second-order valence-corrected chi connectivity index (χ2v) is 3.49. The third-order valence-electron chi connectivity index (χ3n) is 1.46. The van der Waals surface area contributed by atoms with Gasteiger partial charge < -0.3 is 9.84 Å². The lowest BCUT2D eigenvalue weighted by Crippen LogP contribution is -2.03. The van der Waals surface area contributed by atoms with Gasteiger partial charge in [0, 0.05) is 10.4 Å². The summed E-state index contributed by atoms with van der Waals surface area (Å²) in [5.41, 5.74) is 0.0806. The lowest BCUT2D eigenvalue weighted by Gasteiger charge is -2.06. The van der Waals surface area contributed by atoms with E-state index in [1.807, 2.05) is 5.92 Å². The van der Waals surface area contributed by atoms with Gasteiger partial charge in [0.2, 0.25) is 0 Å². The van der Waals surface area contributed by atoms with E-state index in [1.165, 1.54) is 18.2 Å². The summed E-state index contributed by atoms with van der Waals surface area (Å²) in [5, 5.41) is 8.34. The van der Waals surface area contributed by atoms with Crippen molar-refractivity contribution in [2.45, 2.75) is 6.61 Å². The van der Waals surface area contributed by atoms with Crippen molar-refractivity contribution in [1.82, 2.24) is 0 Å². The monoisotopic (exact) mass is 290 g/mol. The van der Waals surface area contributed by atoms with Crippen LogP contribution in [0.2, 0.25) is 0 Å². The highest BCUT2D eigenvalue weighted by Crippen LogP contribution is 2.23. The first-order valence-electron chi connectivity index (χ1n) is 3.98. The average Bonchev–Trinajstić information content (AvgIpc) is 2.17. The van der Waals surface area contributed by atoms with Gasteiger partial charge in [0.1, 0.15) is 5.75 Å². The minimum Gasteiger partial charge on any atom is -0.472 e. The molecule has 0 spiro atoms. The number of alkyl halides is 2. The quantitative estimate of drug-likeness (QED) is 0.851. The van der Waals surface area contributed by atoms with E-state index in [-0.39, 0.29) is 11.3 Å². The first kappa shape index (κ1) is 12.5. The van der Waals surface area contributed by atoms with E-state index in [4.69, 9.17) is 5.11 Å². The molecular formula is C10H5BrF2O3. The lowest BCUT2D eigenvalue weighted by molar-refractivity contribution is -0.130. The summed E-state index contributed by atoms with van der Waals surface area (Å²) < 4.78 is 28.8. The van der Waals surface area contributed by atoms with Gasteiger partial charge in [-0.25, -0.2) is 4.79 Å². The van der Waals surface area contributed by atoms with Crippen LogP contribution in [0.3, 0.4) is 0 Å². The Morgan fingerprint density at radius 2 is 2.19 bits per heavy atom. The molecule has 0 aromatic heterocycles. The predicted molar refractivity (Wildman–Crippen MR) is 55.3 cm³/mol. The molecule has 0 amide bonds. The fourth-order valence-corrected chi connectivity index (χ4v) is 1.28. The Bertz CT molecular complexity index is 463. The fourth-order valence-electron chi connectivity index (χ4n) is 0.919. The standard InChI is InChI=1S/C10H5BrF2O3/c11-7-2-3-8(16-10(12)13)6(5-7)1-4-9(14)15/h2-3,5,10H,(H,14,15). The van der Waals surface area contributed by atoms with Gasteiger partial charge >= 0.3 is 12.6 Å². The number of halogens is 3. The molecule has 0 fully saturated rings. The Hall–Kier alpha value is -1.61. The van der Waals surface area contributed by atoms with Crippen LogP contribution < -0.4 is 4.74 Å². The van der Waals surface area contributed by atoms with Crippen LogP contribution in [0.1, 0.15) is 5.56 Å². The number of carboxylic acids is 1. The SMILES string of the molecule is O=C(O)C#Cc1cc(Br)ccc1OC(F)F. The van der Waals surface area contributed by atoms with Gasteiger partial charge in [0.25, 0.3) is 0 Å². The van der Waals surface area contributed by atoms with Crippen LogP contribution in [0, 0.1) is 11.8 Å². The highest BCUT2D eigenvalue weighted by molar-refractivity contribution is 9.10. The van der Waals surface area contributed by atoms with Crippen molar-refractivity contribution in [3.05, 3.63) is 28.2 Å².